The highest BCUT2D eigenvalue weighted by Crippen LogP contribution is 2.46. The van der Waals surface area contributed by atoms with Gasteiger partial charge in [-0.15, -0.1) is 0 Å². The molecule has 3 aromatic rings. The Bertz CT molecular complexity index is 1070. The van der Waals surface area contributed by atoms with Crippen molar-refractivity contribution in [2.75, 3.05) is 5.32 Å². The maximum Gasteiger partial charge on any atom is 0.410 e. The standard InChI is InChI=1S/C22H20ClF3N4O/c1-13(14-8-4-2-5-9-14)27-21(31)19-18(23)20-28-16(15-10-6-3-7-11-15)12-17(22(24,25)26)30(20)29-19/h2-11,13,16-17,28H,12H2,1H3,(H,27,31)/t13-,16-,17-/m0/s1. The van der Waals surface area contributed by atoms with Crippen LogP contribution in [0, 0.1) is 0 Å². The molecule has 5 nitrogen and oxygen atoms in total. The van der Waals surface area contributed by atoms with Crippen molar-refractivity contribution in [3.63, 3.8) is 0 Å². The van der Waals surface area contributed by atoms with Crippen LogP contribution in [0.3, 0.4) is 0 Å². The number of carbonyl (C=O) groups excluding carboxylic acids is 1. The highest BCUT2D eigenvalue weighted by Gasteiger charge is 2.47. The molecule has 0 aliphatic carbocycles. The average Bonchev–Trinajstić information content (AvgIpc) is 3.10. The largest absolute Gasteiger partial charge is 0.410 e. The lowest BCUT2D eigenvalue weighted by atomic mass is 9.97. The van der Waals surface area contributed by atoms with Crippen LogP contribution in [0.4, 0.5) is 19.0 Å². The van der Waals surface area contributed by atoms with Gasteiger partial charge in [-0.1, -0.05) is 72.3 Å². The summed E-state index contributed by atoms with van der Waals surface area (Å²) in [6.45, 7) is 1.78. The SMILES string of the molecule is C[C@H](NC(=O)c1nn2c(c1Cl)N[C@H](c1ccccc1)C[C@H]2C(F)(F)F)c1ccccc1. The predicted molar refractivity (Wildman–Crippen MR) is 112 cm³/mol. The Kier molecular flexibility index (Phi) is 5.66. The van der Waals surface area contributed by atoms with E-state index in [4.69, 9.17) is 11.6 Å². The second-order valence-electron chi connectivity index (χ2n) is 7.46. The fraction of sp³-hybridized carbons (Fsp3) is 0.273. The summed E-state index contributed by atoms with van der Waals surface area (Å²) in [5.74, 6) is -0.649. The number of benzene rings is 2. The third-order valence-corrected chi connectivity index (χ3v) is 5.72. The summed E-state index contributed by atoms with van der Waals surface area (Å²) in [5, 5.41) is 9.61. The molecule has 2 heterocycles. The molecule has 0 saturated carbocycles. The lowest BCUT2D eigenvalue weighted by Crippen LogP contribution is -2.36. The van der Waals surface area contributed by atoms with E-state index in [1.54, 1.807) is 37.3 Å². The molecule has 2 N–H and O–H groups in total. The van der Waals surface area contributed by atoms with E-state index in [2.05, 4.69) is 15.7 Å². The van der Waals surface area contributed by atoms with Gasteiger partial charge in [0.15, 0.2) is 11.7 Å². The smallest absolute Gasteiger partial charge is 0.362 e. The first-order valence-corrected chi connectivity index (χ1v) is 10.2. The van der Waals surface area contributed by atoms with Crippen LogP contribution in [-0.2, 0) is 0 Å². The Morgan fingerprint density at radius 3 is 2.39 bits per heavy atom. The first-order valence-electron chi connectivity index (χ1n) is 9.77. The molecule has 9 heteroatoms. The maximum atomic E-state index is 13.9. The number of nitrogens with one attached hydrogen (secondary N) is 2. The van der Waals surface area contributed by atoms with Crippen LogP contribution >= 0.6 is 11.6 Å². The molecule has 3 atom stereocenters. The highest BCUT2D eigenvalue weighted by molar-refractivity contribution is 6.36. The lowest BCUT2D eigenvalue weighted by Gasteiger charge is -2.33. The molecular formula is C22H20ClF3N4O. The van der Waals surface area contributed by atoms with Gasteiger partial charge in [0.25, 0.3) is 5.91 Å². The number of hydrogen-bond donors (Lipinski definition) is 2. The summed E-state index contributed by atoms with van der Waals surface area (Å²) in [7, 11) is 0. The number of aromatic nitrogens is 2. The summed E-state index contributed by atoms with van der Waals surface area (Å²) in [5.41, 5.74) is 1.31. The number of rotatable bonds is 4. The molecule has 1 aromatic heterocycles. The fourth-order valence-corrected chi connectivity index (χ4v) is 3.99. The summed E-state index contributed by atoms with van der Waals surface area (Å²) in [6, 6.07) is 15.1. The highest BCUT2D eigenvalue weighted by atomic mass is 35.5. The van der Waals surface area contributed by atoms with Crippen LogP contribution in [-0.4, -0.2) is 21.9 Å². The van der Waals surface area contributed by atoms with Crippen molar-refractivity contribution in [1.29, 1.82) is 0 Å². The van der Waals surface area contributed by atoms with E-state index in [0.717, 1.165) is 10.2 Å². The molecule has 0 fully saturated rings. The van der Waals surface area contributed by atoms with E-state index in [-0.39, 0.29) is 29.0 Å². The first kappa shape index (κ1) is 21.2. The van der Waals surface area contributed by atoms with Crippen molar-refractivity contribution in [3.05, 3.63) is 82.5 Å². The summed E-state index contributed by atoms with van der Waals surface area (Å²) < 4.78 is 42.3. The molecule has 0 radical (unpaired) electrons. The zero-order valence-electron chi connectivity index (χ0n) is 16.5. The number of halogens is 4. The summed E-state index contributed by atoms with van der Waals surface area (Å²) >= 11 is 6.36. The minimum atomic E-state index is -4.55. The van der Waals surface area contributed by atoms with E-state index in [9.17, 15) is 18.0 Å². The number of alkyl halides is 3. The van der Waals surface area contributed by atoms with Gasteiger partial charge >= 0.3 is 6.18 Å². The molecule has 4 rings (SSSR count). The molecule has 0 saturated heterocycles. The third-order valence-electron chi connectivity index (χ3n) is 5.36. The van der Waals surface area contributed by atoms with Crippen molar-refractivity contribution in [2.45, 2.75) is 37.6 Å². The molecule has 1 amide bonds. The average molecular weight is 449 g/mol. The van der Waals surface area contributed by atoms with E-state index < -0.39 is 24.2 Å². The van der Waals surface area contributed by atoms with E-state index in [0.29, 0.717) is 5.56 Å². The molecule has 2 aromatic carbocycles. The minimum absolute atomic E-state index is 0.0124. The maximum absolute atomic E-state index is 13.9. The van der Waals surface area contributed by atoms with Crippen LogP contribution in [0.25, 0.3) is 0 Å². The molecule has 0 spiro atoms. The van der Waals surface area contributed by atoms with Crippen LogP contribution in [0.2, 0.25) is 5.02 Å². The Morgan fingerprint density at radius 1 is 1.16 bits per heavy atom. The number of amides is 1. The molecule has 0 unspecified atom stereocenters. The van der Waals surface area contributed by atoms with E-state index in [1.807, 2.05) is 30.3 Å². The zero-order valence-corrected chi connectivity index (χ0v) is 17.3. The van der Waals surface area contributed by atoms with Crippen LogP contribution in [0.15, 0.2) is 60.7 Å². The van der Waals surface area contributed by atoms with E-state index in [1.165, 1.54) is 0 Å². The van der Waals surface area contributed by atoms with E-state index >= 15 is 0 Å². The first-order chi connectivity index (χ1) is 14.8. The topological polar surface area (TPSA) is 59.0 Å². The van der Waals surface area contributed by atoms with Crippen molar-refractivity contribution < 1.29 is 18.0 Å². The van der Waals surface area contributed by atoms with Gasteiger partial charge in [-0.3, -0.25) is 4.79 Å². The quantitative estimate of drug-likeness (QED) is 0.539. The second-order valence-corrected chi connectivity index (χ2v) is 7.84. The number of carbonyl (C=O) groups is 1. The Labute approximate surface area is 182 Å². The molecule has 162 valence electrons. The van der Waals surface area contributed by atoms with Gasteiger partial charge in [0.2, 0.25) is 0 Å². The normalized spacial score (nSPS) is 19.3. The van der Waals surface area contributed by atoms with Gasteiger partial charge in [-0.25, -0.2) is 4.68 Å². The zero-order chi connectivity index (χ0) is 22.2. The second kappa shape index (κ2) is 8.26. The van der Waals surface area contributed by atoms with Gasteiger partial charge in [0.1, 0.15) is 10.8 Å². The van der Waals surface area contributed by atoms with Gasteiger partial charge in [0, 0.05) is 6.42 Å². The Hall–Kier alpha value is -3.00. The summed E-state index contributed by atoms with van der Waals surface area (Å²) in [6.07, 6.45) is -4.82. The van der Waals surface area contributed by atoms with Crippen LogP contribution < -0.4 is 10.6 Å². The van der Waals surface area contributed by atoms with Crippen molar-refractivity contribution in [2.24, 2.45) is 0 Å². The Balaban J connectivity index is 1.66. The van der Waals surface area contributed by atoms with Crippen molar-refractivity contribution in [3.8, 4) is 0 Å². The van der Waals surface area contributed by atoms with Crippen LogP contribution in [0.5, 0.6) is 0 Å². The third kappa shape index (κ3) is 4.25. The van der Waals surface area contributed by atoms with Gasteiger partial charge in [0.05, 0.1) is 12.1 Å². The van der Waals surface area contributed by atoms with Gasteiger partial charge in [-0.05, 0) is 18.1 Å². The number of anilines is 1. The number of nitrogens with zero attached hydrogens (tertiary/aromatic N) is 2. The summed E-state index contributed by atoms with van der Waals surface area (Å²) in [4.78, 5) is 12.8. The molecule has 1 aliphatic rings. The van der Waals surface area contributed by atoms with Crippen LogP contribution in [0.1, 0.15) is 53.1 Å². The Morgan fingerprint density at radius 2 is 1.77 bits per heavy atom. The minimum Gasteiger partial charge on any atom is -0.362 e. The van der Waals surface area contributed by atoms with Crippen molar-refractivity contribution >= 4 is 23.3 Å². The number of fused-ring (bicyclic) bond motifs is 1. The lowest BCUT2D eigenvalue weighted by molar-refractivity contribution is -0.173. The molecule has 31 heavy (non-hydrogen) atoms. The molecular weight excluding hydrogens is 429 g/mol. The fourth-order valence-electron chi connectivity index (χ4n) is 3.73. The molecule has 1 aliphatic heterocycles. The van der Waals surface area contributed by atoms with Gasteiger partial charge < -0.3 is 10.6 Å². The number of hydrogen-bond acceptors (Lipinski definition) is 3. The van der Waals surface area contributed by atoms with Gasteiger partial charge in [-0.2, -0.15) is 18.3 Å². The van der Waals surface area contributed by atoms with Crippen molar-refractivity contribution in [1.82, 2.24) is 15.1 Å². The monoisotopic (exact) mass is 448 g/mol. The predicted octanol–water partition coefficient (Wildman–Crippen LogP) is 5.69. The molecule has 0 bridgehead atoms.